The van der Waals surface area contributed by atoms with Crippen LogP contribution in [0.3, 0.4) is 0 Å². The van der Waals surface area contributed by atoms with Crippen LogP contribution in [0.1, 0.15) is 28.8 Å². The zero-order valence-corrected chi connectivity index (χ0v) is 16.1. The van der Waals surface area contributed by atoms with Gasteiger partial charge in [-0.25, -0.2) is 4.79 Å². The van der Waals surface area contributed by atoms with Crippen molar-refractivity contribution in [1.82, 2.24) is 5.32 Å². The molecular weight excluding hydrogens is 350 g/mol. The number of carbonyl (C=O) groups excluding carboxylic acids is 1. The van der Waals surface area contributed by atoms with Gasteiger partial charge in [0.25, 0.3) is 0 Å². The molecule has 0 spiro atoms. The van der Waals surface area contributed by atoms with Crippen molar-refractivity contribution in [3.63, 3.8) is 0 Å². The van der Waals surface area contributed by atoms with E-state index in [1.165, 1.54) is 24.3 Å². The minimum Gasteiger partial charge on any atom is -0.465 e. The van der Waals surface area contributed by atoms with Crippen LogP contribution in [0.25, 0.3) is 21.9 Å². The molecule has 1 fully saturated rings. The molecule has 1 saturated heterocycles. The van der Waals surface area contributed by atoms with E-state index in [0.29, 0.717) is 12.2 Å². The SMILES string of the molecule is COC(=O)c1ccc(-c2cc(COC3CCCNC3)cc3ccccc23)cc1. The first kappa shape index (κ1) is 18.7. The molecule has 1 N–H and O–H groups in total. The lowest BCUT2D eigenvalue weighted by Gasteiger charge is -2.23. The van der Waals surface area contributed by atoms with Gasteiger partial charge in [0.1, 0.15) is 0 Å². The molecule has 4 nitrogen and oxygen atoms in total. The second kappa shape index (κ2) is 8.55. The molecule has 3 aromatic rings. The molecule has 144 valence electrons. The molecule has 4 heteroatoms. The normalized spacial score (nSPS) is 16.8. The van der Waals surface area contributed by atoms with E-state index < -0.39 is 0 Å². The third-order valence-corrected chi connectivity index (χ3v) is 5.28. The highest BCUT2D eigenvalue weighted by molar-refractivity contribution is 5.98. The summed E-state index contributed by atoms with van der Waals surface area (Å²) in [5, 5.41) is 5.78. The van der Waals surface area contributed by atoms with Crippen molar-refractivity contribution >= 4 is 16.7 Å². The van der Waals surface area contributed by atoms with Gasteiger partial charge in [-0.2, -0.15) is 0 Å². The lowest BCUT2D eigenvalue weighted by molar-refractivity contribution is 0.0253. The molecule has 0 aromatic heterocycles. The number of fused-ring (bicyclic) bond motifs is 1. The standard InChI is InChI=1S/C24H25NO3/c1-27-24(26)19-10-8-18(9-11-19)23-14-17(13-20-5-2-3-7-22(20)23)16-28-21-6-4-12-25-15-21/h2-3,5,7-11,13-14,21,25H,4,6,12,15-16H2,1H3. The number of esters is 1. The van der Waals surface area contributed by atoms with Gasteiger partial charge >= 0.3 is 5.97 Å². The van der Waals surface area contributed by atoms with Gasteiger partial charge < -0.3 is 14.8 Å². The maximum absolute atomic E-state index is 11.7. The van der Waals surface area contributed by atoms with Gasteiger partial charge in [-0.05, 0) is 71.1 Å². The molecule has 0 aliphatic carbocycles. The lowest BCUT2D eigenvalue weighted by Crippen LogP contribution is -2.35. The fraction of sp³-hybridized carbons (Fsp3) is 0.292. The summed E-state index contributed by atoms with van der Waals surface area (Å²) in [6.45, 7) is 2.61. The predicted molar refractivity (Wildman–Crippen MR) is 111 cm³/mol. The first-order valence-electron chi connectivity index (χ1n) is 9.77. The van der Waals surface area contributed by atoms with Gasteiger partial charge in [0.05, 0.1) is 25.4 Å². The van der Waals surface area contributed by atoms with Gasteiger partial charge in [-0.15, -0.1) is 0 Å². The number of ether oxygens (including phenoxy) is 2. The van der Waals surface area contributed by atoms with Gasteiger partial charge in [0, 0.05) is 6.54 Å². The number of carbonyl (C=O) groups is 1. The maximum Gasteiger partial charge on any atom is 0.337 e. The van der Waals surface area contributed by atoms with Crippen molar-refractivity contribution in [2.45, 2.75) is 25.6 Å². The summed E-state index contributed by atoms with van der Waals surface area (Å²) >= 11 is 0. The number of hydrogen-bond acceptors (Lipinski definition) is 4. The van der Waals surface area contributed by atoms with Crippen molar-refractivity contribution in [3.8, 4) is 11.1 Å². The molecule has 0 amide bonds. The highest BCUT2D eigenvalue weighted by Crippen LogP contribution is 2.31. The first-order valence-corrected chi connectivity index (χ1v) is 9.77. The summed E-state index contributed by atoms with van der Waals surface area (Å²) in [4.78, 5) is 11.7. The van der Waals surface area contributed by atoms with Crippen LogP contribution < -0.4 is 5.32 Å². The van der Waals surface area contributed by atoms with E-state index in [1.807, 2.05) is 24.3 Å². The second-order valence-corrected chi connectivity index (χ2v) is 7.21. The highest BCUT2D eigenvalue weighted by atomic mass is 16.5. The van der Waals surface area contributed by atoms with Gasteiger partial charge in [0.2, 0.25) is 0 Å². The van der Waals surface area contributed by atoms with E-state index in [9.17, 15) is 4.79 Å². The molecule has 28 heavy (non-hydrogen) atoms. The Morgan fingerprint density at radius 3 is 2.68 bits per heavy atom. The van der Waals surface area contributed by atoms with Crippen molar-refractivity contribution < 1.29 is 14.3 Å². The number of nitrogens with one attached hydrogen (secondary N) is 1. The topological polar surface area (TPSA) is 47.6 Å². The molecule has 3 aromatic carbocycles. The Morgan fingerprint density at radius 1 is 1.11 bits per heavy atom. The minimum atomic E-state index is -0.320. The van der Waals surface area contributed by atoms with E-state index in [0.717, 1.165) is 36.2 Å². The summed E-state index contributed by atoms with van der Waals surface area (Å²) in [6.07, 6.45) is 2.56. The van der Waals surface area contributed by atoms with Crippen LogP contribution in [0.2, 0.25) is 0 Å². The van der Waals surface area contributed by atoms with Crippen molar-refractivity contribution in [2.24, 2.45) is 0 Å². The van der Waals surface area contributed by atoms with Crippen molar-refractivity contribution in [3.05, 3.63) is 71.8 Å². The molecule has 0 saturated carbocycles. The molecule has 0 radical (unpaired) electrons. The summed E-state index contributed by atoms with van der Waals surface area (Å²) in [6, 6.07) is 20.4. The number of benzene rings is 3. The molecule has 1 atom stereocenters. The van der Waals surface area contributed by atoms with Crippen LogP contribution in [-0.4, -0.2) is 32.3 Å². The third-order valence-electron chi connectivity index (χ3n) is 5.28. The monoisotopic (exact) mass is 375 g/mol. The van der Waals surface area contributed by atoms with E-state index in [2.05, 4.69) is 41.7 Å². The number of piperidine rings is 1. The Balaban J connectivity index is 1.65. The number of hydrogen-bond donors (Lipinski definition) is 1. The maximum atomic E-state index is 11.7. The Labute approximate surface area is 165 Å². The van der Waals surface area contributed by atoms with Crippen LogP contribution in [0.15, 0.2) is 60.7 Å². The smallest absolute Gasteiger partial charge is 0.337 e. The molecule has 0 bridgehead atoms. The molecule has 4 rings (SSSR count). The Hall–Kier alpha value is -2.69. The molecular formula is C24H25NO3. The van der Waals surface area contributed by atoms with E-state index in [4.69, 9.17) is 9.47 Å². The van der Waals surface area contributed by atoms with Gasteiger partial charge in [-0.3, -0.25) is 0 Å². The van der Waals surface area contributed by atoms with Crippen LogP contribution in [0.5, 0.6) is 0 Å². The van der Waals surface area contributed by atoms with Gasteiger partial charge in [-0.1, -0.05) is 36.4 Å². The number of methoxy groups -OCH3 is 1. The van der Waals surface area contributed by atoms with Crippen molar-refractivity contribution in [2.75, 3.05) is 20.2 Å². The second-order valence-electron chi connectivity index (χ2n) is 7.21. The summed E-state index contributed by atoms with van der Waals surface area (Å²) in [7, 11) is 1.40. The summed E-state index contributed by atoms with van der Waals surface area (Å²) in [5.74, 6) is -0.320. The Kier molecular flexibility index (Phi) is 5.70. The zero-order valence-electron chi connectivity index (χ0n) is 16.1. The summed E-state index contributed by atoms with van der Waals surface area (Å²) < 4.78 is 11.0. The Bertz CT molecular complexity index is 959. The zero-order chi connectivity index (χ0) is 19.3. The van der Waals surface area contributed by atoms with Crippen molar-refractivity contribution in [1.29, 1.82) is 0 Å². The minimum absolute atomic E-state index is 0.281. The van der Waals surface area contributed by atoms with Crippen LogP contribution in [-0.2, 0) is 16.1 Å². The molecule has 1 aliphatic heterocycles. The van der Waals surface area contributed by atoms with Crippen LogP contribution >= 0.6 is 0 Å². The van der Waals surface area contributed by atoms with E-state index in [-0.39, 0.29) is 12.1 Å². The predicted octanol–water partition coefficient (Wildman–Crippen LogP) is 4.56. The van der Waals surface area contributed by atoms with E-state index in [1.54, 1.807) is 0 Å². The Morgan fingerprint density at radius 2 is 1.93 bits per heavy atom. The summed E-state index contributed by atoms with van der Waals surface area (Å²) in [5.41, 5.74) is 3.94. The lowest BCUT2D eigenvalue weighted by atomic mass is 9.95. The molecule has 1 aliphatic rings. The third kappa shape index (κ3) is 4.08. The first-order chi connectivity index (χ1) is 13.7. The molecule has 1 heterocycles. The fourth-order valence-corrected chi connectivity index (χ4v) is 3.77. The average molecular weight is 375 g/mol. The fourth-order valence-electron chi connectivity index (χ4n) is 3.77. The highest BCUT2D eigenvalue weighted by Gasteiger charge is 2.14. The quantitative estimate of drug-likeness (QED) is 0.664. The van der Waals surface area contributed by atoms with Crippen LogP contribution in [0.4, 0.5) is 0 Å². The number of rotatable bonds is 5. The largest absolute Gasteiger partial charge is 0.465 e. The van der Waals surface area contributed by atoms with Gasteiger partial charge in [0.15, 0.2) is 0 Å². The average Bonchev–Trinajstić information content (AvgIpc) is 2.77. The molecule has 1 unspecified atom stereocenters. The van der Waals surface area contributed by atoms with E-state index >= 15 is 0 Å². The van der Waals surface area contributed by atoms with Crippen LogP contribution in [0, 0.1) is 0 Å².